The van der Waals surface area contributed by atoms with Crippen molar-refractivity contribution < 1.29 is 4.79 Å². The van der Waals surface area contributed by atoms with E-state index in [9.17, 15) is 4.79 Å². The van der Waals surface area contributed by atoms with E-state index in [1.54, 1.807) is 29.3 Å². The molecule has 2 aromatic heterocycles. The smallest absolute Gasteiger partial charge is 0.234 e. The molecule has 1 N–H and O–H groups in total. The predicted molar refractivity (Wildman–Crippen MR) is 121 cm³/mol. The van der Waals surface area contributed by atoms with Crippen LogP contribution in [0.1, 0.15) is 5.56 Å². The summed E-state index contributed by atoms with van der Waals surface area (Å²) in [6, 6.07) is 9.78. The lowest BCUT2D eigenvalue weighted by atomic mass is 10.3. The molecule has 0 aliphatic rings. The topological polar surface area (TPSA) is 58.1 Å². The summed E-state index contributed by atoms with van der Waals surface area (Å²) in [6.07, 6.45) is 3.64. The molecule has 0 aliphatic heterocycles. The number of carbonyl (C=O) groups excluding carboxylic acids is 1. The van der Waals surface area contributed by atoms with E-state index in [0.717, 1.165) is 26.0 Å². The highest BCUT2D eigenvalue weighted by molar-refractivity contribution is 8.23. The minimum absolute atomic E-state index is 0.0701. The Labute approximate surface area is 176 Å². The summed E-state index contributed by atoms with van der Waals surface area (Å²) in [4.78, 5) is 22.7. The summed E-state index contributed by atoms with van der Waals surface area (Å²) in [6.45, 7) is 0. The third kappa shape index (κ3) is 5.90. The first-order chi connectivity index (χ1) is 13.0. The van der Waals surface area contributed by atoms with Crippen molar-refractivity contribution in [3.63, 3.8) is 0 Å². The van der Waals surface area contributed by atoms with Crippen LogP contribution < -0.4 is 5.32 Å². The molecule has 140 valence electrons. The molecule has 0 bridgehead atoms. The van der Waals surface area contributed by atoms with E-state index in [-0.39, 0.29) is 5.91 Å². The van der Waals surface area contributed by atoms with Crippen LogP contribution in [0.3, 0.4) is 0 Å². The SMILES string of the molecule is CN(C)C(=S)SCC(=O)Nc1ccc2nc(SCc3cccnc3)sc2c1. The number of nitrogens with one attached hydrogen (secondary N) is 1. The third-order valence-electron chi connectivity index (χ3n) is 3.43. The quantitative estimate of drug-likeness (QED) is 0.453. The van der Waals surface area contributed by atoms with Crippen molar-refractivity contribution in [2.24, 2.45) is 0 Å². The highest BCUT2D eigenvalue weighted by Crippen LogP contribution is 2.32. The summed E-state index contributed by atoms with van der Waals surface area (Å²) < 4.78 is 2.75. The molecule has 1 amide bonds. The number of aromatic nitrogens is 2. The van der Waals surface area contributed by atoms with Crippen molar-refractivity contribution in [3.05, 3.63) is 48.3 Å². The van der Waals surface area contributed by atoms with Gasteiger partial charge in [-0.15, -0.1) is 11.3 Å². The lowest BCUT2D eigenvalue weighted by Crippen LogP contribution is -2.20. The number of thiocarbonyl (C=S) groups is 1. The number of benzene rings is 1. The normalized spacial score (nSPS) is 10.7. The van der Waals surface area contributed by atoms with E-state index in [2.05, 4.69) is 21.4 Å². The molecule has 0 atom stereocenters. The Bertz CT molecular complexity index is 943. The lowest BCUT2D eigenvalue weighted by Gasteiger charge is -2.12. The van der Waals surface area contributed by atoms with Gasteiger partial charge in [0.1, 0.15) is 4.32 Å². The monoisotopic (exact) mass is 434 g/mol. The van der Waals surface area contributed by atoms with Crippen LogP contribution in [0.15, 0.2) is 47.1 Å². The number of amides is 1. The molecule has 0 unspecified atom stereocenters. The van der Waals surface area contributed by atoms with Gasteiger partial charge in [0.25, 0.3) is 0 Å². The zero-order chi connectivity index (χ0) is 19.2. The Morgan fingerprint density at radius 1 is 1.33 bits per heavy atom. The Morgan fingerprint density at radius 2 is 2.19 bits per heavy atom. The number of thioether (sulfide) groups is 2. The Hall–Kier alpha value is -1.68. The van der Waals surface area contributed by atoms with Crippen molar-refractivity contribution in [2.45, 2.75) is 10.1 Å². The first-order valence-corrected chi connectivity index (χ1v) is 11.3. The van der Waals surface area contributed by atoms with Crippen LogP contribution in [0.5, 0.6) is 0 Å². The summed E-state index contributed by atoms with van der Waals surface area (Å²) in [5.74, 6) is 1.06. The molecule has 3 rings (SSSR count). The van der Waals surface area contributed by atoms with Gasteiger partial charge in [-0.2, -0.15) is 0 Å². The molecule has 0 saturated heterocycles. The van der Waals surface area contributed by atoms with E-state index in [1.807, 2.05) is 49.5 Å². The van der Waals surface area contributed by atoms with Crippen LogP contribution in [0, 0.1) is 0 Å². The van der Waals surface area contributed by atoms with E-state index < -0.39 is 0 Å². The molecular formula is C18H18N4OS4. The minimum atomic E-state index is -0.0701. The number of hydrogen-bond acceptors (Lipinski definition) is 7. The molecule has 0 spiro atoms. The largest absolute Gasteiger partial charge is 0.364 e. The fourth-order valence-corrected chi connectivity index (χ4v) is 4.93. The third-order valence-corrected chi connectivity index (χ3v) is 7.40. The molecule has 3 aromatic rings. The van der Waals surface area contributed by atoms with Gasteiger partial charge >= 0.3 is 0 Å². The Balaban J connectivity index is 1.60. The van der Waals surface area contributed by atoms with Crippen molar-refractivity contribution in [1.29, 1.82) is 0 Å². The zero-order valence-electron chi connectivity index (χ0n) is 14.8. The van der Waals surface area contributed by atoms with Gasteiger partial charge in [0.05, 0.1) is 16.0 Å². The van der Waals surface area contributed by atoms with Gasteiger partial charge in [0.2, 0.25) is 5.91 Å². The fraction of sp³-hybridized carbons (Fsp3) is 0.222. The standard InChI is InChI=1S/C18H18N4OS4/c1-22(2)18(24)26-11-16(23)20-13-5-6-14-15(8-13)27-17(21-14)25-10-12-4-3-7-19-9-12/h3-9H,10-11H2,1-2H3,(H,20,23). The fourth-order valence-electron chi connectivity index (χ4n) is 2.13. The molecule has 5 nitrogen and oxygen atoms in total. The average Bonchev–Trinajstić information content (AvgIpc) is 3.07. The Kier molecular flexibility index (Phi) is 7.06. The number of fused-ring (bicyclic) bond motifs is 1. The molecule has 27 heavy (non-hydrogen) atoms. The first kappa shape index (κ1) is 20.1. The highest BCUT2D eigenvalue weighted by Gasteiger charge is 2.09. The summed E-state index contributed by atoms with van der Waals surface area (Å²) in [5, 5.41) is 2.92. The second kappa shape index (κ2) is 9.50. The summed E-state index contributed by atoms with van der Waals surface area (Å²) in [5.41, 5.74) is 2.88. The van der Waals surface area contributed by atoms with Gasteiger partial charge in [-0.1, -0.05) is 41.8 Å². The van der Waals surface area contributed by atoms with Gasteiger partial charge in [0, 0.05) is 37.9 Å². The number of rotatable bonds is 6. The number of nitrogens with zero attached hydrogens (tertiary/aromatic N) is 3. The van der Waals surface area contributed by atoms with Crippen LogP contribution >= 0.6 is 47.1 Å². The number of anilines is 1. The molecule has 0 fully saturated rings. The van der Waals surface area contributed by atoms with E-state index in [4.69, 9.17) is 12.2 Å². The predicted octanol–water partition coefficient (Wildman–Crippen LogP) is 4.50. The van der Waals surface area contributed by atoms with E-state index in [0.29, 0.717) is 10.1 Å². The van der Waals surface area contributed by atoms with E-state index >= 15 is 0 Å². The van der Waals surface area contributed by atoms with Gasteiger partial charge in [-0.05, 0) is 29.8 Å². The first-order valence-electron chi connectivity index (χ1n) is 8.07. The van der Waals surface area contributed by atoms with Crippen molar-refractivity contribution in [1.82, 2.24) is 14.9 Å². The van der Waals surface area contributed by atoms with Gasteiger partial charge in [-0.25, -0.2) is 4.98 Å². The van der Waals surface area contributed by atoms with Crippen LogP contribution in [0.25, 0.3) is 10.2 Å². The van der Waals surface area contributed by atoms with Crippen molar-refractivity contribution in [3.8, 4) is 0 Å². The molecule has 1 aromatic carbocycles. The van der Waals surface area contributed by atoms with Gasteiger partial charge < -0.3 is 10.2 Å². The number of thiazole rings is 1. The molecule has 9 heteroatoms. The van der Waals surface area contributed by atoms with Crippen molar-refractivity contribution >= 4 is 73.2 Å². The minimum Gasteiger partial charge on any atom is -0.364 e. The molecular weight excluding hydrogens is 416 g/mol. The van der Waals surface area contributed by atoms with Gasteiger partial charge in [0.15, 0.2) is 4.34 Å². The van der Waals surface area contributed by atoms with Crippen molar-refractivity contribution in [2.75, 3.05) is 25.2 Å². The van der Waals surface area contributed by atoms with Gasteiger partial charge in [-0.3, -0.25) is 9.78 Å². The number of hydrogen-bond donors (Lipinski definition) is 1. The van der Waals surface area contributed by atoms with E-state index in [1.165, 1.54) is 17.3 Å². The maximum Gasteiger partial charge on any atom is 0.234 e. The molecule has 2 heterocycles. The molecule has 0 aliphatic carbocycles. The zero-order valence-corrected chi connectivity index (χ0v) is 18.1. The maximum atomic E-state index is 12.1. The van der Waals surface area contributed by atoms with Crippen LogP contribution in [0.2, 0.25) is 0 Å². The highest BCUT2D eigenvalue weighted by atomic mass is 32.2. The summed E-state index contributed by atoms with van der Waals surface area (Å²) >= 11 is 9.85. The Morgan fingerprint density at radius 3 is 2.93 bits per heavy atom. The number of carbonyl (C=O) groups is 1. The summed E-state index contributed by atoms with van der Waals surface area (Å²) in [7, 11) is 3.74. The van der Waals surface area contributed by atoms with Crippen LogP contribution in [-0.4, -0.2) is 44.9 Å². The maximum absolute atomic E-state index is 12.1. The second-order valence-electron chi connectivity index (χ2n) is 5.81. The molecule has 0 saturated carbocycles. The van der Waals surface area contributed by atoms with Crippen LogP contribution in [0.4, 0.5) is 5.69 Å². The van der Waals surface area contributed by atoms with Crippen LogP contribution in [-0.2, 0) is 10.5 Å². The second-order valence-corrected chi connectivity index (χ2v) is 9.67. The average molecular weight is 435 g/mol. The lowest BCUT2D eigenvalue weighted by molar-refractivity contribution is -0.113. The number of pyridine rings is 1. The molecule has 0 radical (unpaired) electrons.